The maximum atomic E-state index is 12.5. The van der Waals surface area contributed by atoms with Crippen LogP contribution in [0.5, 0.6) is 0 Å². The fourth-order valence-corrected chi connectivity index (χ4v) is 4.57. The first-order valence-corrected chi connectivity index (χ1v) is 12.2. The first-order valence-electron chi connectivity index (χ1n) is 11.5. The summed E-state index contributed by atoms with van der Waals surface area (Å²) in [5, 5.41) is 23.1. The largest absolute Gasteiger partial charge is 0.473 e. The average Bonchev–Trinajstić information content (AvgIpc) is 3.30. The molecular weight excluding hydrogens is 509 g/mol. The quantitative estimate of drug-likeness (QED) is 0.486. The molecule has 12 heteroatoms. The number of halogens is 2. The normalized spacial score (nSPS) is 16.8. The smallest absolute Gasteiger partial charge is 0.414 e. The van der Waals surface area contributed by atoms with Crippen LogP contribution in [0.3, 0.4) is 0 Å². The minimum atomic E-state index is -1.82. The van der Waals surface area contributed by atoms with E-state index >= 15 is 0 Å². The third-order valence-electron chi connectivity index (χ3n) is 6.07. The molecule has 1 aliphatic heterocycles. The third kappa shape index (κ3) is 8.77. The van der Waals surface area contributed by atoms with Crippen LogP contribution in [-0.4, -0.2) is 86.4 Å². The van der Waals surface area contributed by atoms with E-state index in [1.54, 1.807) is 29.1 Å². The molecule has 3 N–H and O–H groups in total. The van der Waals surface area contributed by atoms with Gasteiger partial charge in [0.05, 0.1) is 22.3 Å². The summed E-state index contributed by atoms with van der Waals surface area (Å²) in [6.07, 6.45) is 8.57. The SMILES string of the molecule is C.O=C(CN1CCN(C2CCCCC2)CC1)Nc1ccn(-c2ccc(Cl)c(Cl)c2)n1.O=C(O)C(=O)O. The molecule has 10 nitrogen and oxygen atoms in total. The van der Waals surface area contributed by atoms with E-state index in [1.165, 1.54) is 32.1 Å². The third-order valence-corrected chi connectivity index (χ3v) is 6.81. The van der Waals surface area contributed by atoms with E-state index in [1.807, 2.05) is 6.07 Å². The lowest BCUT2D eigenvalue weighted by molar-refractivity contribution is -0.159. The van der Waals surface area contributed by atoms with Gasteiger partial charge in [0, 0.05) is 44.5 Å². The Hall–Kier alpha value is -2.66. The molecule has 198 valence electrons. The van der Waals surface area contributed by atoms with Gasteiger partial charge in [-0.1, -0.05) is 49.9 Å². The number of nitrogens with one attached hydrogen (secondary N) is 1. The topological polar surface area (TPSA) is 128 Å². The van der Waals surface area contributed by atoms with Gasteiger partial charge in [-0.15, -0.1) is 0 Å². The predicted molar refractivity (Wildman–Crippen MR) is 139 cm³/mol. The van der Waals surface area contributed by atoms with E-state index in [2.05, 4.69) is 20.2 Å². The van der Waals surface area contributed by atoms with E-state index < -0.39 is 11.9 Å². The molecule has 2 heterocycles. The highest BCUT2D eigenvalue weighted by atomic mass is 35.5. The van der Waals surface area contributed by atoms with Crippen LogP contribution in [0, 0.1) is 0 Å². The van der Waals surface area contributed by atoms with Crippen LogP contribution in [-0.2, 0) is 14.4 Å². The van der Waals surface area contributed by atoms with Crippen molar-refractivity contribution in [2.75, 3.05) is 38.0 Å². The number of anilines is 1. The van der Waals surface area contributed by atoms with E-state index in [9.17, 15) is 4.79 Å². The van der Waals surface area contributed by atoms with Gasteiger partial charge in [-0.25, -0.2) is 14.3 Å². The molecule has 0 radical (unpaired) electrons. The molecule has 0 bridgehead atoms. The monoisotopic (exact) mass is 541 g/mol. The Morgan fingerprint density at radius 3 is 2.17 bits per heavy atom. The van der Waals surface area contributed by atoms with Gasteiger partial charge in [0.2, 0.25) is 5.91 Å². The van der Waals surface area contributed by atoms with Crippen LogP contribution in [0.25, 0.3) is 5.69 Å². The van der Waals surface area contributed by atoms with Crippen LogP contribution in [0.4, 0.5) is 5.82 Å². The fraction of sp³-hybridized carbons (Fsp3) is 0.500. The number of carboxylic acid groups (broad SMARTS) is 2. The summed E-state index contributed by atoms with van der Waals surface area (Å²) in [4.78, 5) is 35.5. The first kappa shape index (κ1) is 29.6. The van der Waals surface area contributed by atoms with Crippen molar-refractivity contribution in [1.82, 2.24) is 19.6 Å². The van der Waals surface area contributed by atoms with Crippen molar-refractivity contribution in [3.63, 3.8) is 0 Å². The van der Waals surface area contributed by atoms with Crippen molar-refractivity contribution >= 4 is 46.9 Å². The number of carbonyl (C=O) groups is 3. The molecule has 1 saturated carbocycles. The predicted octanol–water partition coefficient (Wildman–Crippen LogP) is 3.86. The van der Waals surface area contributed by atoms with Crippen LogP contribution in [0.2, 0.25) is 10.0 Å². The number of carboxylic acids is 2. The lowest BCUT2D eigenvalue weighted by Crippen LogP contribution is -2.52. The van der Waals surface area contributed by atoms with Gasteiger partial charge < -0.3 is 15.5 Å². The zero-order chi connectivity index (χ0) is 25.4. The molecule has 4 rings (SSSR count). The number of benzene rings is 1. The molecule has 1 aromatic carbocycles. The van der Waals surface area contributed by atoms with Crippen molar-refractivity contribution in [2.45, 2.75) is 45.6 Å². The molecule has 1 aromatic heterocycles. The van der Waals surface area contributed by atoms with Crippen LogP contribution < -0.4 is 5.32 Å². The number of nitrogens with zero attached hydrogens (tertiary/aromatic N) is 4. The van der Waals surface area contributed by atoms with Gasteiger partial charge in [-0.05, 0) is 31.0 Å². The number of carbonyl (C=O) groups excluding carboxylic acids is 1. The fourth-order valence-electron chi connectivity index (χ4n) is 4.28. The molecule has 2 fully saturated rings. The lowest BCUT2D eigenvalue weighted by Gasteiger charge is -2.40. The summed E-state index contributed by atoms with van der Waals surface area (Å²) in [5.41, 5.74) is 0.790. The molecule has 1 saturated heterocycles. The van der Waals surface area contributed by atoms with Crippen LogP contribution in [0.15, 0.2) is 30.5 Å². The number of amides is 1. The van der Waals surface area contributed by atoms with Crippen molar-refractivity contribution in [1.29, 1.82) is 0 Å². The highest BCUT2D eigenvalue weighted by Gasteiger charge is 2.25. The Morgan fingerprint density at radius 1 is 0.944 bits per heavy atom. The molecule has 0 unspecified atom stereocenters. The van der Waals surface area contributed by atoms with Crippen molar-refractivity contribution < 1.29 is 24.6 Å². The first-order chi connectivity index (χ1) is 16.7. The lowest BCUT2D eigenvalue weighted by atomic mass is 9.94. The van der Waals surface area contributed by atoms with Gasteiger partial charge in [0.25, 0.3) is 0 Å². The molecule has 0 atom stereocenters. The second-order valence-electron chi connectivity index (χ2n) is 8.51. The summed E-state index contributed by atoms with van der Waals surface area (Å²) < 4.78 is 1.67. The Morgan fingerprint density at radius 2 is 1.58 bits per heavy atom. The molecule has 1 aliphatic carbocycles. The molecule has 2 aliphatic rings. The number of aliphatic carboxylic acids is 2. The summed E-state index contributed by atoms with van der Waals surface area (Å²) in [5.74, 6) is -3.15. The number of aromatic nitrogens is 2. The second-order valence-corrected chi connectivity index (χ2v) is 9.32. The van der Waals surface area contributed by atoms with Crippen molar-refractivity contribution in [3.8, 4) is 5.69 Å². The molecule has 36 heavy (non-hydrogen) atoms. The van der Waals surface area contributed by atoms with E-state index in [4.69, 9.17) is 43.0 Å². The highest BCUT2D eigenvalue weighted by Crippen LogP contribution is 2.25. The summed E-state index contributed by atoms with van der Waals surface area (Å²) in [6.45, 7) is 4.41. The summed E-state index contributed by atoms with van der Waals surface area (Å²) >= 11 is 12.0. The Bertz CT molecular complexity index is 1020. The second kappa shape index (κ2) is 14.2. The van der Waals surface area contributed by atoms with Gasteiger partial charge in [-0.3, -0.25) is 14.6 Å². The van der Waals surface area contributed by atoms with Crippen LogP contribution in [0.1, 0.15) is 39.5 Å². The average molecular weight is 542 g/mol. The maximum absolute atomic E-state index is 12.5. The molecule has 2 aromatic rings. The number of piperazine rings is 1. The van der Waals surface area contributed by atoms with E-state index in [0.717, 1.165) is 37.9 Å². The summed E-state index contributed by atoms with van der Waals surface area (Å²) in [7, 11) is 0. The van der Waals surface area contributed by atoms with Gasteiger partial charge in [-0.2, -0.15) is 5.10 Å². The molecule has 1 amide bonds. The van der Waals surface area contributed by atoms with E-state index in [-0.39, 0.29) is 13.3 Å². The minimum Gasteiger partial charge on any atom is -0.473 e. The number of hydrogen-bond acceptors (Lipinski definition) is 6. The van der Waals surface area contributed by atoms with Gasteiger partial charge >= 0.3 is 11.9 Å². The zero-order valence-electron chi connectivity index (χ0n) is 19.2. The van der Waals surface area contributed by atoms with E-state index in [0.29, 0.717) is 22.4 Å². The standard InChI is InChI=1S/C21H27Cl2N5O.C2H2O4.CH4/c22-18-7-6-17(14-19(18)23)28-9-8-20(25-28)24-21(29)15-26-10-12-27(13-11-26)16-4-2-1-3-5-16;3-1(4)2(5)6;/h6-9,14,16H,1-5,10-13,15H2,(H,24,25,29);(H,3,4)(H,5,6);1H4. The van der Waals surface area contributed by atoms with Crippen molar-refractivity contribution in [2.24, 2.45) is 0 Å². The Balaban J connectivity index is 0.000000584. The molecular formula is C24H33Cl2N5O5. The van der Waals surface area contributed by atoms with Gasteiger partial charge in [0.15, 0.2) is 5.82 Å². The zero-order valence-corrected chi connectivity index (χ0v) is 20.7. The van der Waals surface area contributed by atoms with Crippen molar-refractivity contribution in [3.05, 3.63) is 40.5 Å². The maximum Gasteiger partial charge on any atom is 0.414 e. The number of rotatable bonds is 5. The summed E-state index contributed by atoms with van der Waals surface area (Å²) in [6, 6.07) is 7.84. The minimum absolute atomic E-state index is 0. The molecule has 0 spiro atoms. The van der Waals surface area contributed by atoms with Crippen LogP contribution >= 0.6 is 23.2 Å². The Labute approximate surface area is 220 Å². The van der Waals surface area contributed by atoms with Gasteiger partial charge in [0.1, 0.15) is 0 Å². The number of hydrogen-bond donors (Lipinski definition) is 3. The Kier molecular flexibility index (Phi) is 11.6. The highest BCUT2D eigenvalue weighted by molar-refractivity contribution is 6.42.